The molecule has 0 unspecified atom stereocenters. The first-order valence-corrected chi connectivity index (χ1v) is 8.71. The summed E-state index contributed by atoms with van der Waals surface area (Å²) in [7, 11) is 1.54. The maximum absolute atomic E-state index is 12.2. The Morgan fingerprint density at radius 3 is 2.45 bits per heavy atom. The van der Waals surface area contributed by atoms with Crippen LogP contribution in [0.1, 0.15) is 22.3 Å². The fraction of sp³-hybridized carbons (Fsp3) is 0.136. The number of aryl methyl sites for hydroxylation is 1. The maximum Gasteiger partial charge on any atom is 0.268 e. The van der Waals surface area contributed by atoms with Gasteiger partial charge in [0.15, 0.2) is 0 Å². The molecule has 0 saturated heterocycles. The Hall–Kier alpha value is -4.23. The zero-order valence-corrected chi connectivity index (χ0v) is 15.9. The average Bonchev–Trinajstić information content (AvgIpc) is 2.72. The Kier molecular flexibility index (Phi) is 5.52. The summed E-state index contributed by atoms with van der Waals surface area (Å²) in [5, 5.41) is 19.0. The number of ether oxygens (including phenoxy) is 2. The number of methoxy groups -OCH3 is 1. The number of nitrogens with two attached hydrogens (primary N) is 1. The number of H-pyrrole nitrogens is 1. The fourth-order valence-corrected chi connectivity index (χ4v) is 3.05. The molecule has 3 rings (SSSR count). The lowest BCUT2D eigenvalue weighted by Crippen LogP contribution is -2.16. The Labute approximate surface area is 167 Å². The predicted molar refractivity (Wildman–Crippen MR) is 108 cm³/mol. The largest absolute Gasteiger partial charge is 0.496 e. The minimum absolute atomic E-state index is 0.0390. The van der Waals surface area contributed by atoms with E-state index >= 15 is 0 Å². The van der Waals surface area contributed by atoms with Gasteiger partial charge in [0.2, 0.25) is 0 Å². The molecule has 29 heavy (non-hydrogen) atoms. The van der Waals surface area contributed by atoms with Gasteiger partial charge in [-0.3, -0.25) is 4.79 Å². The lowest BCUT2D eigenvalue weighted by molar-refractivity contribution is 0.295. The molecule has 0 saturated carbocycles. The number of anilines is 1. The smallest absolute Gasteiger partial charge is 0.268 e. The maximum atomic E-state index is 12.2. The number of nitriles is 2. The third-order valence-corrected chi connectivity index (χ3v) is 4.51. The molecule has 0 aliphatic rings. The van der Waals surface area contributed by atoms with Gasteiger partial charge in [0.25, 0.3) is 5.56 Å². The SMILES string of the molecule is COc1ccc(-c2c(C#N)c(N)[nH]c(=O)c2C#N)cc1COc1ccccc1C. The van der Waals surface area contributed by atoms with Crippen LogP contribution in [-0.4, -0.2) is 12.1 Å². The van der Waals surface area contributed by atoms with Gasteiger partial charge < -0.3 is 20.2 Å². The second-order valence-corrected chi connectivity index (χ2v) is 6.30. The molecule has 1 heterocycles. The molecule has 0 aliphatic heterocycles. The molecule has 0 atom stereocenters. The van der Waals surface area contributed by atoms with Gasteiger partial charge in [0.1, 0.15) is 47.2 Å². The van der Waals surface area contributed by atoms with Gasteiger partial charge in [0, 0.05) is 11.1 Å². The number of hydrogen-bond acceptors (Lipinski definition) is 6. The molecule has 1 aromatic heterocycles. The molecule has 0 amide bonds. The number of benzene rings is 2. The zero-order valence-electron chi connectivity index (χ0n) is 15.9. The highest BCUT2D eigenvalue weighted by Gasteiger charge is 2.19. The van der Waals surface area contributed by atoms with Crippen LogP contribution in [0.2, 0.25) is 0 Å². The summed E-state index contributed by atoms with van der Waals surface area (Å²) >= 11 is 0. The molecule has 144 valence electrons. The van der Waals surface area contributed by atoms with E-state index in [0.717, 1.165) is 11.3 Å². The van der Waals surface area contributed by atoms with E-state index in [1.807, 2.05) is 43.3 Å². The summed E-state index contributed by atoms with van der Waals surface area (Å²) in [5.41, 5.74) is 7.40. The fourth-order valence-electron chi connectivity index (χ4n) is 3.05. The van der Waals surface area contributed by atoms with Gasteiger partial charge in [-0.2, -0.15) is 10.5 Å². The van der Waals surface area contributed by atoms with Crippen molar-refractivity contribution in [1.82, 2.24) is 4.98 Å². The average molecular weight is 386 g/mol. The number of nitrogens with zero attached hydrogens (tertiary/aromatic N) is 2. The number of hydrogen-bond donors (Lipinski definition) is 2. The van der Waals surface area contributed by atoms with E-state index in [-0.39, 0.29) is 29.1 Å². The minimum Gasteiger partial charge on any atom is -0.496 e. The van der Waals surface area contributed by atoms with Gasteiger partial charge in [-0.15, -0.1) is 0 Å². The van der Waals surface area contributed by atoms with E-state index in [1.54, 1.807) is 25.3 Å². The number of pyridine rings is 1. The molecule has 3 N–H and O–H groups in total. The summed E-state index contributed by atoms with van der Waals surface area (Å²) in [4.78, 5) is 14.5. The number of nitrogens with one attached hydrogen (secondary N) is 1. The first kappa shape index (κ1) is 19.5. The summed E-state index contributed by atoms with van der Waals surface area (Å²) < 4.78 is 11.3. The van der Waals surface area contributed by atoms with Crippen LogP contribution in [0.15, 0.2) is 47.3 Å². The second kappa shape index (κ2) is 8.20. The van der Waals surface area contributed by atoms with Crippen molar-refractivity contribution in [3.63, 3.8) is 0 Å². The van der Waals surface area contributed by atoms with Crippen LogP contribution < -0.4 is 20.8 Å². The number of aromatic amines is 1. The van der Waals surface area contributed by atoms with Crippen LogP contribution in [0.25, 0.3) is 11.1 Å². The van der Waals surface area contributed by atoms with Gasteiger partial charge in [-0.1, -0.05) is 24.3 Å². The predicted octanol–water partition coefficient (Wildman–Crippen LogP) is 3.26. The molecule has 0 aliphatic carbocycles. The molecule has 7 nitrogen and oxygen atoms in total. The number of aromatic nitrogens is 1. The second-order valence-electron chi connectivity index (χ2n) is 6.30. The van der Waals surface area contributed by atoms with Gasteiger partial charge in [0.05, 0.1) is 7.11 Å². The molecule has 3 aromatic rings. The van der Waals surface area contributed by atoms with Crippen LogP contribution in [0.5, 0.6) is 11.5 Å². The van der Waals surface area contributed by atoms with E-state index in [1.165, 1.54) is 0 Å². The van der Waals surface area contributed by atoms with Crippen molar-refractivity contribution in [2.45, 2.75) is 13.5 Å². The summed E-state index contributed by atoms with van der Waals surface area (Å²) in [6, 6.07) is 16.6. The Balaban J connectivity index is 2.11. The van der Waals surface area contributed by atoms with Crippen molar-refractivity contribution in [3.05, 3.63) is 75.1 Å². The van der Waals surface area contributed by atoms with E-state index < -0.39 is 5.56 Å². The highest BCUT2D eigenvalue weighted by molar-refractivity contribution is 5.80. The highest BCUT2D eigenvalue weighted by Crippen LogP contribution is 2.32. The van der Waals surface area contributed by atoms with Crippen molar-refractivity contribution < 1.29 is 9.47 Å². The number of nitrogen functional groups attached to an aromatic ring is 1. The van der Waals surface area contributed by atoms with Crippen LogP contribution >= 0.6 is 0 Å². The summed E-state index contributed by atoms with van der Waals surface area (Å²) in [6.45, 7) is 2.14. The Morgan fingerprint density at radius 2 is 1.79 bits per heavy atom. The number of para-hydroxylation sites is 1. The van der Waals surface area contributed by atoms with E-state index in [4.69, 9.17) is 15.2 Å². The Morgan fingerprint density at radius 1 is 1.07 bits per heavy atom. The summed E-state index contributed by atoms with van der Waals surface area (Å²) in [5.74, 6) is 1.23. The van der Waals surface area contributed by atoms with Gasteiger partial charge in [-0.05, 0) is 36.2 Å². The third kappa shape index (κ3) is 3.76. The van der Waals surface area contributed by atoms with Crippen LogP contribution in [0, 0.1) is 29.6 Å². The lowest BCUT2D eigenvalue weighted by atomic mass is 9.95. The monoisotopic (exact) mass is 386 g/mol. The van der Waals surface area contributed by atoms with Crippen molar-refractivity contribution >= 4 is 5.82 Å². The molecule has 7 heteroatoms. The molecule has 0 bridgehead atoms. The van der Waals surface area contributed by atoms with Crippen molar-refractivity contribution in [2.24, 2.45) is 0 Å². The quantitative estimate of drug-likeness (QED) is 0.693. The first-order valence-electron chi connectivity index (χ1n) is 8.71. The lowest BCUT2D eigenvalue weighted by Gasteiger charge is -2.15. The van der Waals surface area contributed by atoms with E-state index in [2.05, 4.69) is 4.98 Å². The van der Waals surface area contributed by atoms with Gasteiger partial charge >= 0.3 is 0 Å². The normalized spacial score (nSPS) is 10.1. The van der Waals surface area contributed by atoms with Crippen LogP contribution in [0.3, 0.4) is 0 Å². The standard InChI is InChI=1S/C22H18N4O3/c1-13-5-3-4-6-18(13)29-12-15-9-14(7-8-19(15)28-2)20-16(10-23)21(25)26-22(27)17(20)11-24/h3-9H,12H2,1-2H3,(H3,25,26,27). The molecule has 2 aromatic carbocycles. The highest BCUT2D eigenvalue weighted by atomic mass is 16.5. The van der Waals surface area contributed by atoms with Crippen LogP contribution in [-0.2, 0) is 6.61 Å². The number of rotatable bonds is 5. The van der Waals surface area contributed by atoms with Crippen molar-refractivity contribution in [1.29, 1.82) is 10.5 Å². The van der Waals surface area contributed by atoms with E-state index in [0.29, 0.717) is 16.9 Å². The molecule has 0 fully saturated rings. The van der Waals surface area contributed by atoms with E-state index in [9.17, 15) is 15.3 Å². The summed E-state index contributed by atoms with van der Waals surface area (Å²) in [6.07, 6.45) is 0. The van der Waals surface area contributed by atoms with Crippen LogP contribution in [0.4, 0.5) is 5.82 Å². The Bertz CT molecular complexity index is 1220. The van der Waals surface area contributed by atoms with Gasteiger partial charge in [-0.25, -0.2) is 0 Å². The molecule has 0 spiro atoms. The van der Waals surface area contributed by atoms with Crippen molar-refractivity contribution in [3.8, 4) is 34.8 Å². The third-order valence-electron chi connectivity index (χ3n) is 4.51. The minimum atomic E-state index is -0.646. The topological polar surface area (TPSA) is 125 Å². The zero-order chi connectivity index (χ0) is 21.0. The molecular formula is C22H18N4O3. The first-order chi connectivity index (χ1) is 14.0. The molecular weight excluding hydrogens is 368 g/mol. The molecule has 0 radical (unpaired) electrons. The van der Waals surface area contributed by atoms with Crippen molar-refractivity contribution in [2.75, 3.05) is 12.8 Å².